The van der Waals surface area contributed by atoms with Crippen LogP contribution >= 0.6 is 0 Å². The van der Waals surface area contributed by atoms with Crippen molar-refractivity contribution < 1.29 is 22.5 Å². The molecule has 3 aromatic carbocycles. The summed E-state index contributed by atoms with van der Waals surface area (Å²) in [6.45, 7) is 0.970. The first-order valence-corrected chi connectivity index (χ1v) is 11.0. The quantitative estimate of drug-likeness (QED) is 0.307. The number of hydrogen-bond donors (Lipinski definition) is 1. The number of nitrogens with one attached hydrogen (secondary N) is 1. The Kier molecular flexibility index (Phi) is 7.13. The summed E-state index contributed by atoms with van der Waals surface area (Å²) in [6, 6.07) is 17.8. The summed E-state index contributed by atoms with van der Waals surface area (Å²) in [5, 5.41) is 14.9. The molecule has 0 aromatic heterocycles. The van der Waals surface area contributed by atoms with E-state index >= 15 is 0 Å². The van der Waals surface area contributed by atoms with Gasteiger partial charge in [-0.2, -0.15) is 5.10 Å². The SMILES string of the molecule is C/C(=N/NC(=O)CN(c1ccc([N+](=O)[O-])cc1)S(=O)(=O)c1ccccc1)c1ccc(F)cc1. The lowest BCUT2D eigenvalue weighted by Gasteiger charge is -2.23. The van der Waals surface area contributed by atoms with Crippen molar-refractivity contribution in [1.82, 2.24) is 5.43 Å². The fourth-order valence-electron chi connectivity index (χ4n) is 2.84. The highest BCUT2D eigenvalue weighted by atomic mass is 32.2. The van der Waals surface area contributed by atoms with Gasteiger partial charge in [0, 0.05) is 12.1 Å². The van der Waals surface area contributed by atoms with E-state index in [0.29, 0.717) is 11.3 Å². The zero-order valence-electron chi connectivity index (χ0n) is 17.4. The molecule has 0 saturated carbocycles. The summed E-state index contributed by atoms with van der Waals surface area (Å²) in [5.41, 5.74) is 3.09. The molecule has 11 heteroatoms. The largest absolute Gasteiger partial charge is 0.271 e. The van der Waals surface area contributed by atoms with Gasteiger partial charge in [-0.25, -0.2) is 18.2 Å². The van der Waals surface area contributed by atoms with E-state index in [0.717, 1.165) is 16.4 Å². The number of halogens is 1. The van der Waals surface area contributed by atoms with Gasteiger partial charge in [-0.1, -0.05) is 30.3 Å². The summed E-state index contributed by atoms with van der Waals surface area (Å²) in [4.78, 5) is 22.8. The highest BCUT2D eigenvalue weighted by Crippen LogP contribution is 2.25. The molecule has 0 fully saturated rings. The first-order valence-electron chi connectivity index (χ1n) is 9.60. The summed E-state index contributed by atoms with van der Waals surface area (Å²) in [6.07, 6.45) is 0. The molecule has 0 aliphatic carbocycles. The smallest absolute Gasteiger partial charge is 0.269 e. The normalized spacial score (nSPS) is 11.6. The van der Waals surface area contributed by atoms with Crippen LogP contribution in [0.4, 0.5) is 15.8 Å². The number of benzene rings is 3. The first kappa shape index (κ1) is 23.5. The van der Waals surface area contributed by atoms with Crippen molar-refractivity contribution in [2.24, 2.45) is 5.10 Å². The maximum atomic E-state index is 13.2. The summed E-state index contributed by atoms with van der Waals surface area (Å²) in [5.74, 6) is -1.16. The molecule has 0 atom stereocenters. The molecule has 0 heterocycles. The van der Waals surface area contributed by atoms with Gasteiger partial charge in [-0.05, 0) is 48.9 Å². The number of rotatable bonds is 8. The molecule has 170 valence electrons. The van der Waals surface area contributed by atoms with Crippen molar-refractivity contribution in [3.8, 4) is 0 Å². The highest BCUT2D eigenvalue weighted by molar-refractivity contribution is 7.92. The Morgan fingerprint density at radius 3 is 2.21 bits per heavy atom. The lowest BCUT2D eigenvalue weighted by Crippen LogP contribution is -2.39. The fraction of sp³-hybridized carbons (Fsp3) is 0.0909. The Morgan fingerprint density at radius 2 is 1.64 bits per heavy atom. The minimum absolute atomic E-state index is 0.0536. The number of anilines is 1. The average Bonchev–Trinajstić information content (AvgIpc) is 2.82. The van der Waals surface area contributed by atoms with Crippen molar-refractivity contribution >= 4 is 33.0 Å². The van der Waals surface area contributed by atoms with E-state index in [4.69, 9.17) is 0 Å². The lowest BCUT2D eigenvalue weighted by molar-refractivity contribution is -0.384. The number of carbonyl (C=O) groups excluding carboxylic acids is 1. The van der Waals surface area contributed by atoms with Gasteiger partial charge < -0.3 is 0 Å². The topological polar surface area (TPSA) is 122 Å². The predicted octanol–water partition coefficient (Wildman–Crippen LogP) is 3.47. The summed E-state index contributed by atoms with van der Waals surface area (Å²) < 4.78 is 40.4. The fourth-order valence-corrected chi connectivity index (χ4v) is 4.29. The van der Waals surface area contributed by atoms with E-state index < -0.39 is 33.2 Å². The zero-order valence-corrected chi connectivity index (χ0v) is 18.2. The second-order valence-electron chi connectivity index (χ2n) is 6.84. The van der Waals surface area contributed by atoms with E-state index in [1.165, 1.54) is 60.7 Å². The van der Waals surface area contributed by atoms with Crippen LogP contribution < -0.4 is 9.73 Å². The van der Waals surface area contributed by atoms with Crippen LogP contribution in [0.2, 0.25) is 0 Å². The molecule has 9 nitrogen and oxygen atoms in total. The highest BCUT2D eigenvalue weighted by Gasteiger charge is 2.27. The number of nitrogens with zero attached hydrogens (tertiary/aromatic N) is 3. The third-order valence-corrected chi connectivity index (χ3v) is 6.37. The standard InChI is InChI=1S/C22H19FN4O5S/c1-16(17-7-9-18(23)10-8-17)24-25-22(28)15-26(19-11-13-20(14-12-19)27(29)30)33(31,32)21-5-3-2-4-6-21/h2-14H,15H2,1H3,(H,25,28)/b24-16-. The number of sulfonamides is 1. The van der Waals surface area contributed by atoms with Crippen molar-refractivity contribution in [3.05, 3.63) is 100 Å². The van der Waals surface area contributed by atoms with Crippen molar-refractivity contribution in [2.75, 3.05) is 10.8 Å². The Balaban J connectivity index is 1.87. The van der Waals surface area contributed by atoms with Crippen LogP contribution in [0.3, 0.4) is 0 Å². The van der Waals surface area contributed by atoms with Crippen LogP contribution in [0.25, 0.3) is 0 Å². The number of non-ortho nitro benzene ring substituents is 1. The van der Waals surface area contributed by atoms with Gasteiger partial charge in [0.15, 0.2) is 0 Å². The van der Waals surface area contributed by atoms with Gasteiger partial charge in [0.05, 0.1) is 21.2 Å². The van der Waals surface area contributed by atoms with Gasteiger partial charge in [0.2, 0.25) is 0 Å². The Bertz CT molecular complexity index is 1280. The molecule has 0 unspecified atom stereocenters. The van der Waals surface area contributed by atoms with Crippen LogP contribution in [0.5, 0.6) is 0 Å². The molecule has 3 rings (SSSR count). The Labute approximate surface area is 189 Å². The maximum Gasteiger partial charge on any atom is 0.269 e. The monoisotopic (exact) mass is 470 g/mol. The Morgan fingerprint density at radius 1 is 1.03 bits per heavy atom. The number of carbonyl (C=O) groups is 1. The zero-order chi connectivity index (χ0) is 24.0. The summed E-state index contributed by atoms with van der Waals surface area (Å²) in [7, 11) is -4.17. The average molecular weight is 470 g/mol. The van der Waals surface area contributed by atoms with E-state index in [9.17, 15) is 27.7 Å². The van der Waals surface area contributed by atoms with Gasteiger partial charge in [0.1, 0.15) is 12.4 Å². The van der Waals surface area contributed by atoms with Crippen LogP contribution in [-0.2, 0) is 14.8 Å². The third kappa shape index (κ3) is 5.77. The second-order valence-corrected chi connectivity index (χ2v) is 8.70. The number of amides is 1. The van der Waals surface area contributed by atoms with Crippen molar-refractivity contribution in [1.29, 1.82) is 0 Å². The van der Waals surface area contributed by atoms with Crippen LogP contribution in [0.1, 0.15) is 12.5 Å². The van der Waals surface area contributed by atoms with E-state index in [1.54, 1.807) is 13.0 Å². The molecule has 0 aliphatic rings. The molecule has 0 bridgehead atoms. The van der Waals surface area contributed by atoms with Crippen molar-refractivity contribution in [3.63, 3.8) is 0 Å². The molecule has 33 heavy (non-hydrogen) atoms. The van der Waals surface area contributed by atoms with Crippen molar-refractivity contribution in [2.45, 2.75) is 11.8 Å². The molecule has 0 saturated heterocycles. The predicted molar refractivity (Wildman–Crippen MR) is 121 cm³/mol. The molecular formula is C22H19FN4O5S. The van der Waals surface area contributed by atoms with Gasteiger partial charge in [-0.15, -0.1) is 0 Å². The van der Waals surface area contributed by atoms with E-state index in [-0.39, 0.29) is 16.3 Å². The first-order chi connectivity index (χ1) is 15.7. The van der Waals surface area contributed by atoms with Gasteiger partial charge >= 0.3 is 0 Å². The minimum Gasteiger partial charge on any atom is -0.271 e. The minimum atomic E-state index is -4.17. The number of hydrazone groups is 1. The molecule has 0 aliphatic heterocycles. The van der Waals surface area contributed by atoms with Gasteiger partial charge in [0.25, 0.3) is 21.6 Å². The van der Waals surface area contributed by atoms with Crippen LogP contribution in [0, 0.1) is 15.9 Å². The lowest BCUT2D eigenvalue weighted by atomic mass is 10.1. The Hall–Kier alpha value is -4.12. The van der Waals surface area contributed by atoms with E-state index in [2.05, 4.69) is 10.5 Å². The number of hydrogen-bond acceptors (Lipinski definition) is 6. The van der Waals surface area contributed by atoms with Crippen LogP contribution in [0.15, 0.2) is 88.9 Å². The number of nitro groups is 1. The third-order valence-electron chi connectivity index (χ3n) is 4.58. The maximum absolute atomic E-state index is 13.2. The molecule has 1 amide bonds. The second kappa shape index (κ2) is 10.0. The number of nitro benzene ring substituents is 1. The molecule has 0 radical (unpaired) electrons. The molecule has 3 aromatic rings. The molecule has 1 N–H and O–H groups in total. The molecular weight excluding hydrogens is 451 g/mol. The van der Waals surface area contributed by atoms with Crippen LogP contribution in [-0.4, -0.2) is 31.5 Å². The van der Waals surface area contributed by atoms with Gasteiger partial charge in [-0.3, -0.25) is 19.2 Å². The summed E-state index contributed by atoms with van der Waals surface area (Å²) >= 11 is 0. The van der Waals surface area contributed by atoms with E-state index in [1.807, 2.05) is 0 Å². The molecule has 0 spiro atoms.